The Labute approximate surface area is 123 Å². The highest BCUT2D eigenvalue weighted by Gasteiger charge is 2.20. The normalized spacial score (nSPS) is 13.1. The highest BCUT2D eigenvalue weighted by Crippen LogP contribution is 2.16. The summed E-state index contributed by atoms with van der Waals surface area (Å²) in [5, 5.41) is 0. The van der Waals surface area contributed by atoms with Gasteiger partial charge in [-0.15, -0.1) is 0 Å². The molecule has 2 aromatic carbocycles. The molecule has 1 atom stereocenters. The van der Waals surface area contributed by atoms with Crippen molar-refractivity contribution in [3.05, 3.63) is 65.5 Å². The molecule has 112 valence electrons. The Balaban J connectivity index is 2.13. The summed E-state index contributed by atoms with van der Waals surface area (Å²) in [6.45, 7) is 1.70. The fraction of sp³-hybridized carbons (Fsp3) is 0.200. The molecule has 0 radical (unpaired) electrons. The molecule has 0 aromatic heterocycles. The van der Waals surface area contributed by atoms with Gasteiger partial charge in [0.1, 0.15) is 10.7 Å². The summed E-state index contributed by atoms with van der Waals surface area (Å²) >= 11 is 0. The van der Waals surface area contributed by atoms with Crippen molar-refractivity contribution in [1.29, 1.82) is 0 Å². The highest BCUT2D eigenvalue weighted by molar-refractivity contribution is 7.89. The van der Waals surface area contributed by atoms with Crippen molar-refractivity contribution in [2.45, 2.75) is 17.9 Å². The topological polar surface area (TPSA) is 72.2 Å². The lowest BCUT2D eigenvalue weighted by molar-refractivity contribution is 0.551. The smallest absolute Gasteiger partial charge is 0.243 e. The van der Waals surface area contributed by atoms with Crippen molar-refractivity contribution >= 4 is 10.0 Å². The first kappa shape index (κ1) is 15.6. The number of nitrogens with two attached hydrogens (primary N) is 1. The molecule has 0 saturated carbocycles. The second-order valence-corrected chi connectivity index (χ2v) is 6.54. The van der Waals surface area contributed by atoms with E-state index in [1.54, 1.807) is 6.92 Å². The molecule has 0 fully saturated rings. The molecule has 0 bridgehead atoms. The Hall–Kier alpha value is -1.76. The first-order valence-corrected chi connectivity index (χ1v) is 7.95. The van der Waals surface area contributed by atoms with Gasteiger partial charge in [0.05, 0.1) is 0 Å². The van der Waals surface area contributed by atoms with Crippen LogP contribution in [0.3, 0.4) is 0 Å². The van der Waals surface area contributed by atoms with Crippen LogP contribution in [0.4, 0.5) is 4.39 Å². The lowest BCUT2D eigenvalue weighted by Gasteiger charge is -2.14. The van der Waals surface area contributed by atoms with E-state index in [0.29, 0.717) is 5.56 Å². The van der Waals surface area contributed by atoms with E-state index in [0.717, 1.165) is 11.6 Å². The Morgan fingerprint density at radius 3 is 2.52 bits per heavy atom. The summed E-state index contributed by atoms with van der Waals surface area (Å²) < 4.78 is 40.3. The molecular weight excluding hydrogens is 291 g/mol. The first-order valence-electron chi connectivity index (χ1n) is 6.46. The van der Waals surface area contributed by atoms with Gasteiger partial charge in [-0.3, -0.25) is 0 Å². The number of benzene rings is 2. The van der Waals surface area contributed by atoms with Crippen LogP contribution < -0.4 is 10.5 Å². The second-order valence-electron chi connectivity index (χ2n) is 4.80. The van der Waals surface area contributed by atoms with Crippen molar-refractivity contribution in [3.63, 3.8) is 0 Å². The van der Waals surface area contributed by atoms with E-state index >= 15 is 0 Å². The molecular formula is C15H17FN2O2S. The van der Waals surface area contributed by atoms with Crippen LogP contribution in [-0.2, 0) is 10.0 Å². The van der Waals surface area contributed by atoms with Gasteiger partial charge in [-0.1, -0.05) is 36.4 Å². The predicted octanol–water partition coefficient (Wildman–Crippen LogP) is 2.11. The fourth-order valence-corrected chi connectivity index (χ4v) is 3.13. The van der Waals surface area contributed by atoms with Gasteiger partial charge in [0.15, 0.2) is 0 Å². The summed E-state index contributed by atoms with van der Waals surface area (Å²) in [6.07, 6.45) is 0. The SMILES string of the molecule is Cc1ccc(F)c(S(=O)(=O)NCC(N)c2ccccc2)c1. The molecule has 6 heteroatoms. The van der Waals surface area contributed by atoms with Crippen molar-refractivity contribution < 1.29 is 12.8 Å². The quantitative estimate of drug-likeness (QED) is 0.888. The van der Waals surface area contributed by atoms with Gasteiger partial charge in [0.2, 0.25) is 10.0 Å². The van der Waals surface area contributed by atoms with Crippen LogP contribution in [0.1, 0.15) is 17.2 Å². The minimum absolute atomic E-state index is 0.000269. The zero-order valence-corrected chi connectivity index (χ0v) is 12.4. The monoisotopic (exact) mass is 308 g/mol. The van der Waals surface area contributed by atoms with Crippen molar-refractivity contribution in [1.82, 2.24) is 4.72 Å². The Bertz CT molecular complexity index is 718. The third-order valence-corrected chi connectivity index (χ3v) is 4.54. The van der Waals surface area contributed by atoms with Gasteiger partial charge in [-0.2, -0.15) is 0 Å². The maximum absolute atomic E-state index is 13.7. The lowest BCUT2D eigenvalue weighted by Crippen LogP contribution is -2.32. The summed E-state index contributed by atoms with van der Waals surface area (Å²) in [6, 6.07) is 12.6. The van der Waals surface area contributed by atoms with Gasteiger partial charge >= 0.3 is 0 Å². The van der Waals surface area contributed by atoms with E-state index < -0.39 is 21.9 Å². The summed E-state index contributed by atoms with van der Waals surface area (Å²) in [4.78, 5) is -0.359. The van der Waals surface area contributed by atoms with Gasteiger partial charge in [-0.05, 0) is 30.2 Å². The summed E-state index contributed by atoms with van der Waals surface area (Å²) in [5.41, 5.74) is 7.41. The minimum Gasteiger partial charge on any atom is -0.323 e. The van der Waals surface area contributed by atoms with E-state index in [1.165, 1.54) is 12.1 Å². The van der Waals surface area contributed by atoms with E-state index in [4.69, 9.17) is 5.73 Å². The van der Waals surface area contributed by atoms with E-state index in [2.05, 4.69) is 4.72 Å². The molecule has 4 nitrogen and oxygen atoms in total. The number of sulfonamides is 1. The fourth-order valence-electron chi connectivity index (χ4n) is 1.91. The molecule has 0 aliphatic rings. The van der Waals surface area contributed by atoms with Gasteiger partial charge in [-0.25, -0.2) is 17.5 Å². The van der Waals surface area contributed by atoms with Crippen LogP contribution in [0.25, 0.3) is 0 Å². The van der Waals surface area contributed by atoms with Crippen LogP contribution in [-0.4, -0.2) is 15.0 Å². The summed E-state index contributed by atoms with van der Waals surface area (Å²) in [5.74, 6) is -0.776. The number of rotatable bonds is 5. The number of aryl methyl sites for hydroxylation is 1. The highest BCUT2D eigenvalue weighted by atomic mass is 32.2. The van der Waals surface area contributed by atoms with Gasteiger partial charge in [0.25, 0.3) is 0 Å². The number of hydrogen-bond donors (Lipinski definition) is 2. The number of hydrogen-bond acceptors (Lipinski definition) is 3. The summed E-state index contributed by atoms with van der Waals surface area (Å²) in [7, 11) is -3.92. The molecule has 0 heterocycles. The zero-order chi connectivity index (χ0) is 15.5. The molecule has 1 unspecified atom stereocenters. The minimum atomic E-state index is -3.92. The Morgan fingerprint density at radius 1 is 1.19 bits per heavy atom. The Kier molecular flexibility index (Phi) is 4.72. The van der Waals surface area contributed by atoms with E-state index in [-0.39, 0.29) is 11.4 Å². The third-order valence-electron chi connectivity index (χ3n) is 3.10. The Morgan fingerprint density at radius 2 is 1.86 bits per heavy atom. The number of halogens is 1. The van der Waals surface area contributed by atoms with Crippen molar-refractivity contribution in [2.24, 2.45) is 5.73 Å². The molecule has 0 aliphatic carbocycles. The van der Waals surface area contributed by atoms with Crippen LogP contribution in [0.15, 0.2) is 53.4 Å². The van der Waals surface area contributed by atoms with Crippen molar-refractivity contribution in [2.75, 3.05) is 6.54 Å². The van der Waals surface area contributed by atoms with E-state index in [1.807, 2.05) is 30.3 Å². The van der Waals surface area contributed by atoms with Crippen LogP contribution in [0, 0.1) is 12.7 Å². The molecule has 21 heavy (non-hydrogen) atoms. The molecule has 0 saturated heterocycles. The zero-order valence-electron chi connectivity index (χ0n) is 11.6. The van der Waals surface area contributed by atoms with E-state index in [9.17, 15) is 12.8 Å². The second kappa shape index (κ2) is 6.34. The first-order chi connectivity index (χ1) is 9.90. The standard InChI is InChI=1S/C15H17FN2O2S/c1-11-7-8-13(16)15(9-11)21(19,20)18-10-14(17)12-5-3-2-4-6-12/h2-9,14,18H,10,17H2,1H3. The average molecular weight is 308 g/mol. The molecule has 2 rings (SSSR count). The van der Waals surface area contributed by atoms with Crippen LogP contribution in [0.2, 0.25) is 0 Å². The van der Waals surface area contributed by atoms with Crippen LogP contribution in [0.5, 0.6) is 0 Å². The molecule has 0 spiro atoms. The molecule has 2 aromatic rings. The largest absolute Gasteiger partial charge is 0.323 e. The maximum atomic E-state index is 13.7. The molecule has 0 amide bonds. The average Bonchev–Trinajstić information content (AvgIpc) is 2.48. The van der Waals surface area contributed by atoms with Crippen molar-refractivity contribution in [3.8, 4) is 0 Å². The third kappa shape index (κ3) is 3.87. The lowest BCUT2D eigenvalue weighted by atomic mass is 10.1. The molecule has 3 N–H and O–H groups in total. The van der Waals surface area contributed by atoms with Crippen LogP contribution >= 0.6 is 0 Å². The predicted molar refractivity (Wildman–Crippen MR) is 79.7 cm³/mol. The number of nitrogens with one attached hydrogen (secondary N) is 1. The molecule has 0 aliphatic heterocycles. The van der Waals surface area contributed by atoms with Gasteiger partial charge < -0.3 is 5.73 Å². The maximum Gasteiger partial charge on any atom is 0.243 e. The van der Waals surface area contributed by atoms with Gasteiger partial charge in [0, 0.05) is 12.6 Å².